The monoisotopic (exact) mass is 331 g/mol. The van der Waals surface area contributed by atoms with Crippen LogP contribution in [0.3, 0.4) is 0 Å². The number of halogens is 1. The minimum absolute atomic E-state index is 0. The number of ether oxygens (including phenoxy) is 2. The van der Waals surface area contributed by atoms with E-state index in [0.29, 0.717) is 19.8 Å². The van der Waals surface area contributed by atoms with E-state index < -0.39 is 0 Å². The summed E-state index contributed by atoms with van der Waals surface area (Å²) in [5.41, 5.74) is 0. The predicted molar refractivity (Wildman–Crippen MR) is 73.1 cm³/mol. The Morgan fingerprint density at radius 2 is 1.80 bits per heavy atom. The average molecular weight is 331 g/mol. The number of aliphatic imine (C=N–C) groups is 1. The molecule has 0 amide bonds. The fraction of sp³-hybridized carbons (Fsp3) is 0.889. The van der Waals surface area contributed by atoms with Crippen LogP contribution in [0.4, 0.5) is 0 Å². The maximum absolute atomic E-state index is 4.93. The van der Waals surface area contributed by atoms with Gasteiger partial charge in [0.25, 0.3) is 0 Å². The molecule has 0 unspecified atom stereocenters. The molecule has 0 aliphatic rings. The molecule has 0 rings (SSSR count). The standard InChI is InChI=1S/C9H21N3O2.HI/c1-4-10-9(11-5-7-13-2)12-6-8-14-3;/h4-8H2,1-3H3,(H2,10,11,12);1H. The van der Waals surface area contributed by atoms with Crippen molar-refractivity contribution >= 4 is 29.9 Å². The van der Waals surface area contributed by atoms with Gasteiger partial charge in [0.1, 0.15) is 0 Å². The van der Waals surface area contributed by atoms with Gasteiger partial charge in [0.05, 0.1) is 19.8 Å². The fourth-order valence-corrected chi connectivity index (χ4v) is 0.862. The molecule has 0 spiro atoms. The first kappa shape index (κ1) is 17.3. The third kappa shape index (κ3) is 11.8. The van der Waals surface area contributed by atoms with Crippen LogP contribution in [0.15, 0.2) is 4.99 Å². The zero-order chi connectivity index (χ0) is 10.6. The van der Waals surface area contributed by atoms with Gasteiger partial charge in [0.2, 0.25) is 0 Å². The van der Waals surface area contributed by atoms with E-state index in [9.17, 15) is 0 Å². The second-order valence-electron chi connectivity index (χ2n) is 2.67. The first-order chi connectivity index (χ1) is 6.85. The van der Waals surface area contributed by atoms with E-state index in [1.165, 1.54) is 0 Å². The summed E-state index contributed by atoms with van der Waals surface area (Å²) in [7, 11) is 3.34. The Morgan fingerprint density at radius 1 is 1.13 bits per heavy atom. The highest BCUT2D eigenvalue weighted by Gasteiger charge is 1.94. The molecule has 2 N–H and O–H groups in total. The summed E-state index contributed by atoms with van der Waals surface area (Å²) >= 11 is 0. The lowest BCUT2D eigenvalue weighted by atomic mass is 10.6. The fourth-order valence-electron chi connectivity index (χ4n) is 0.862. The predicted octanol–water partition coefficient (Wildman–Crippen LogP) is 0.452. The van der Waals surface area contributed by atoms with E-state index in [1.54, 1.807) is 14.2 Å². The van der Waals surface area contributed by atoms with Gasteiger partial charge in [0.15, 0.2) is 5.96 Å². The smallest absolute Gasteiger partial charge is 0.191 e. The number of nitrogens with one attached hydrogen (secondary N) is 2. The van der Waals surface area contributed by atoms with Crippen molar-refractivity contribution in [2.75, 3.05) is 47.1 Å². The van der Waals surface area contributed by atoms with E-state index in [0.717, 1.165) is 19.0 Å². The lowest BCUT2D eigenvalue weighted by molar-refractivity contribution is 0.203. The van der Waals surface area contributed by atoms with Crippen LogP contribution in [0.1, 0.15) is 6.92 Å². The number of rotatable bonds is 7. The van der Waals surface area contributed by atoms with Crippen molar-refractivity contribution in [1.82, 2.24) is 10.6 Å². The van der Waals surface area contributed by atoms with Crippen molar-refractivity contribution in [3.8, 4) is 0 Å². The molecule has 0 bridgehead atoms. The SMILES string of the molecule is CCNC(=NCCOC)NCCOC.I. The molecule has 0 atom stereocenters. The number of guanidine groups is 1. The molecule has 0 aromatic heterocycles. The van der Waals surface area contributed by atoms with Crippen molar-refractivity contribution in [3.05, 3.63) is 0 Å². The van der Waals surface area contributed by atoms with Crippen LogP contribution in [-0.4, -0.2) is 53.0 Å². The van der Waals surface area contributed by atoms with Gasteiger partial charge in [-0.15, -0.1) is 24.0 Å². The van der Waals surface area contributed by atoms with Crippen molar-refractivity contribution in [3.63, 3.8) is 0 Å². The third-order valence-corrected chi connectivity index (χ3v) is 1.51. The van der Waals surface area contributed by atoms with Gasteiger partial charge in [-0.1, -0.05) is 0 Å². The lowest BCUT2D eigenvalue weighted by Gasteiger charge is -2.10. The lowest BCUT2D eigenvalue weighted by Crippen LogP contribution is -2.39. The van der Waals surface area contributed by atoms with E-state index in [1.807, 2.05) is 6.92 Å². The molecule has 0 aliphatic carbocycles. The zero-order valence-corrected chi connectivity index (χ0v) is 12.0. The summed E-state index contributed by atoms with van der Waals surface area (Å²) in [6, 6.07) is 0. The first-order valence-electron chi connectivity index (χ1n) is 4.85. The van der Waals surface area contributed by atoms with Crippen LogP contribution in [0.5, 0.6) is 0 Å². The molecular formula is C9H22IN3O2. The zero-order valence-electron chi connectivity index (χ0n) is 9.71. The Hall–Kier alpha value is -0.0800. The number of methoxy groups -OCH3 is 2. The van der Waals surface area contributed by atoms with Crippen LogP contribution >= 0.6 is 24.0 Å². The molecule has 0 heterocycles. The third-order valence-electron chi connectivity index (χ3n) is 1.51. The van der Waals surface area contributed by atoms with Gasteiger partial charge < -0.3 is 20.1 Å². The summed E-state index contributed by atoms with van der Waals surface area (Å²) in [5, 5.41) is 6.27. The molecule has 6 heteroatoms. The average Bonchev–Trinajstić information content (AvgIpc) is 2.18. The van der Waals surface area contributed by atoms with Crippen molar-refractivity contribution in [2.45, 2.75) is 6.92 Å². The van der Waals surface area contributed by atoms with Gasteiger partial charge in [-0.2, -0.15) is 0 Å². The highest BCUT2D eigenvalue weighted by molar-refractivity contribution is 14.0. The first-order valence-corrected chi connectivity index (χ1v) is 4.85. The molecule has 0 aromatic carbocycles. The molecule has 0 radical (unpaired) electrons. The van der Waals surface area contributed by atoms with Crippen LogP contribution in [0.25, 0.3) is 0 Å². The summed E-state index contributed by atoms with van der Waals surface area (Å²) in [5.74, 6) is 0.807. The Labute approximate surface area is 109 Å². The van der Waals surface area contributed by atoms with Gasteiger partial charge in [0, 0.05) is 27.3 Å². The molecule has 0 fully saturated rings. The summed E-state index contributed by atoms with van der Waals surface area (Å²) in [4.78, 5) is 4.29. The Kier molecular flexibility index (Phi) is 16.1. The Balaban J connectivity index is 0. The Bertz CT molecular complexity index is 156. The number of hydrogen-bond donors (Lipinski definition) is 2. The van der Waals surface area contributed by atoms with E-state index in [4.69, 9.17) is 9.47 Å². The van der Waals surface area contributed by atoms with Gasteiger partial charge in [-0.05, 0) is 6.92 Å². The molecular weight excluding hydrogens is 309 g/mol. The van der Waals surface area contributed by atoms with E-state index in [-0.39, 0.29) is 24.0 Å². The molecule has 0 saturated heterocycles. The van der Waals surface area contributed by atoms with Gasteiger partial charge >= 0.3 is 0 Å². The maximum atomic E-state index is 4.93. The van der Waals surface area contributed by atoms with Crippen LogP contribution in [-0.2, 0) is 9.47 Å². The summed E-state index contributed by atoms with van der Waals surface area (Å²) < 4.78 is 9.83. The molecule has 5 nitrogen and oxygen atoms in total. The van der Waals surface area contributed by atoms with Crippen molar-refractivity contribution < 1.29 is 9.47 Å². The van der Waals surface area contributed by atoms with Crippen LogP contribution in [0, 0.1) is 0 Å². The molecule has 0 aliphatic heterocycles. The normalized spacial score (nSPS) is 10.7. The van der Waals surface area contributed by atoms with Crippen LogP contribution < -0.4 is 10.6 Å². The molecule has 92 valence electrons. The van der Waals surface area contributed by atoms with E-state index >= 15 is 0 Å². The highest BCUT2D eigenvalue weighted by Crippen LogP contribution is 1.75. The summed E-state index contributed by atoms with van der Waals surface area (Å²) in [6.07, 6.45) is 0. The van der Waals surface area contributed by atoms with Crippen molar-refractivity contribution in [1.29, 1.82) is 0 Å². The quantitative estimate of drug-likeness (QED) is 0.308. The second kappa shape index (κ2) is 13.9. The number of hydrogen-bond acceptors (Lipinski definition) is 3. The topological polar surface area (TPSA) is 54.9 Å². The van der Waals surface area contributed by atoms with Gasteiger partial charge in [-0.3, -0.25) is 4.99 Å². The maximum Gasteiger partial charge on any atom is 0.191 e. The largest absolute Gasteiger partial charge is 0.383 e. The second-order valence-corrected chi connectivity index (χ2v) is 2.67. The highest BCUT2D eigenvalue weighted by atomic mass is 127. The minimum Gasteiger partial charge on any atom is -0.383 e. The minimum atomic E-state index is 0. The molecule has 15 heavy (non-hydrogen) atoms. The Morgan fingerprint density at radius 3 is 2.33 bits per heavy atom. The molecule has 0 aromatic rings. The number of nitrogens with zero attached hydrogens (tertiary/aromatic N) is 1. The summed E-state index contributed by atoms with van der Waals surface area (Å²) in [6.45, 7) is 5.62. The molecule has 0 saturated carbocycles. The van der Waals surface area contributed by atoms with Crippen LogP contribution in [0.2, 0.25) is 0 Å². The van der Waals surface area contributed by atoms with E-state index in [2.05, 4.69) is 15.6 Å². The van der Waals surface area contributed by atoms with Gasteiger partial charge in [-0.25, -0.2) is 0 Å². The van der Waals surface area contributed by atoms with Crippen molar-refractivity contribution in [2.24, 2.45) is 4.99 Å².